The van der Waals surface area contributed by atoms with Crippen molar-refractivity contribution in [1.82, 2.24) is 0 Å². The Balaban J connectivity index is 1.92. The van der Waals surface area contributed by atoms with Crippen LogP contribution in [0.4, 0.5) is 0 Å². The Labute approximate surface area is 175 Å². The molecule has 150 valence electrons. The van der Waals surface area contributed by atoms with E-state index >= 15 is 0 Å². The van der Waals surface area contributed by atoms with Gasteiger partial charge in [0.2, 0.25) is 0 Å². The molecule has 0 aliphatic carbocycles. The summed E-state index contributed by atoms with van der Waals surface area (Å²) in [5.74, 6) is 1.14. The number of esters is 1. The lowest BCUT2D eigenvalue weighted by Crippen LogP contribution is -2.15. The van der Waals surface area contributed by atoms with E-state index in [1.54, 1.807) is 14.2 Å². The molecule has 0 aromatic heterocycles. The van der Waals surface area contributed by atoms with E-state index in [0.29, 0.717) is 4.91 Å². The third-order valence-corrected chi connectivity index (χ3v) is 6.35. The highest BCUT2D eigenvalue weighted by Gasteiger charge is 2.36. The molecule has 1 heterocycles. The number of rotatable bonds is 7. The predicted molar refractivity (Wildman–Crippen MR) is 119 cm³/mol. The lowest BCUT2D eigenvalue weighted by Gasteiger charge is -2.23. The molecule has 5 heteroatoms. The quantitative estimate of drug-likeness (QED) is 0.588. The van der Waals surface area contributed by atoms with Crippen LogP contribution in [-0.4, -0.2) is 32.5 Å². The smallest absolute Gasteiger partial charge is 0.344 e. The Hall–Kier alpha value is -2.92. The summed E-state index contributed by atoms with van der Waals surface area (Å²) in [5, 5.41) is -0.0629. The fraction of sp³-hybridized carbons (Fsp3) is 0.208. The molecule has 29 heavy (non-hydrogen) atoms. The first-order valence-electron chi connectivity index (χ1n) is 9.11. The van der Waals surface area contributed by atoms with E-state index in [9.17, 15) is 4.79 Å². The van der Waals surface area contributed by atoms with Gasteiger partial charge in [0.25, 0.3) is 0 Å². The van der Waals surface area contributed by atoms with Crippen molar-refractivity contribution in [2.45, 2.75) is 5.25 Å². The van der Waals surface area contributed by atoms with Crippen LogP contribution in [0.15, 0.2) is 72.7 Å². The van der Waals surface area contributed by atoms with Crippen LogP contribution in [0.1, 0.15) is 11.1 Å². The van der Waals surface area contributed by atoms with Gasteiger partial charge in [-0.15, -0.1) is 11.8 Å². The van der Waals surface area contributed by atoms with Gasteiger partial charge in [0.1, 0.15) is 11.5 Å². The van der Waals surface area contributed by atoms with Gasteiger partial charge < -0.3 is 14.2 Å². The van der Waals surface area contributed by atoms with Crippen molar-refractivity contribution >= 4 is 28.9 Å². The summed E-state index contributed by atoms with van der Waals surface area (Å²) < 4.78 is 15.4. The van der Waals surface area contributed by atoms with Crippen LogP contribution in [-0.2, 0) is 9.53 Å². The van der Waals surface area contributed by atoms with Crippen LogP contribution in [0.5, 0.6) is 11.5 Å². The van der Waals surface area contributed by atoms with E-state index in [1.807, 2.05) is 54.6 Å². The molecule has 3 rings (SSSR count). The van der Waals surface area contributed by atoms with Crippen molar-refractivity contribution in [2.24, 2.45) is 5.92 Å². The van der Waals surface area contributed by atoms with Gasteiger partial charge in [0, 0.05) is 11.2 Å². The van der Waals surface area contributed by atoms with Crippen LogP contribution in [0, 0.1) is 5.92 Å². The number of carbonyl (C=O) groups is 1. The van der Waals surface area contributed by atoms with Gasteiger partial charge in [-0.25, -0.2) is 4.79 Å². The predicted octanol–water partition coefficient (Wildman–Crippen LogP) is 5.22. The van der Waals surface area contributed by atoms with E-state index in [0.717, 1.165) is 33.8 Å². The van der Waals surface area contributed by atoms with Crippen molar-refractivity contribution in [1.29, 1.82) is 0 Å². The molecule has 1 aliphatic rings. The second kappa shape index (κ2) is 9.05. The molecule has 0 amide bonds. The average Bonchev–Trinajstić information content (AvgIpc) is 3.23. The minimum absolute atomic E-state index is 0.0629. The summed E-state index contributed by atoms with van der Waals surface area (Å²) in [4.78, 5) is 12.8. The van der Waals surface area contributed by atoms with Crippen molar-refractivity contribution in [2.75, 3.05) is 21.3 Å². The summed E-state index contributed by atoms with van der Waals surface area (Å²) in [6, 6.07) is 15.5. The van der Waals surface area contributed by atoms with E-state index in [-0.39, 0.29) is 17.1 Å². The third-order valence-electron chi connectivity index (χ3n) is 4.97. The molecular formula is C24H24O4S. The first-order valence-corrected chi connectivity index (χ1v) is 9.99. The van der Waals surface area contributed by atoms with Gasteiger partial charge >= 0.3 is 5.97 Å². The monoisotopic (exact) mass is 408 g/mol. The van der Waals surface area contributed by atoms with Gasteiger partial charge in [-0.1, -0.05) is 43.5 Å². The fourth-order valence-electron chi connectivity index (χ4n) is 3.25. The minimum atomic E-state index is -0.340. The average molecular weight is 409 g/mol. The topological polar surface area (TPSA) is 44.8 Å². The molecule has 2 aromatic rings. The summed E-state index contributed by atoms with van der Waals surface area (Å²) in [6.07, 6.45) is 1.93. The van der Waals surface area contributed by atoms with Crippen molar-refractivity contribution in [3.05, 3.63) is 83.8 Å². The standard InChI is InChI=1S/C24H24O4S/c1-15(17-6-10-19(26-3)11-7-17)21-14-22(24(25)28-5)29-23(21)16(2)18-8-12-20(27-4)13-9-18/h6-14,21,23H,1-2H2,3-5H3. The van der Waals surface area contributed by atoms with Crippen LogP contribution < -0.4 is 9.47 Å². The molecule has 0 bridgehead atoms. The maximum absolute atomic E-state index is 12.2. The van der Waals surface area contributed by atoms with Gasteiger partial charge in [-0.2, -0.15) is 0 Å². The van der Waals surface area contributed by atoms with Crippen molar-refractivity contribution in [3.63, 3.8) is 0 Å². The molecule has 0 radical (unpaired) electrons. The van der Waals surface area contributed by atoms with E-state index < -0.39 is 0 Å². The number of hydrogen-bond acceptors (Lipinski definition) is 5. The SMILES string of the molecule is C=C(c1ccc(OC)cc1)C1C=C(C(=O)OC)SC1C(=C)c1ccc(OC)cc1. The molecule has 0 saturated heterocycles. The maximum atomic E-state index is 12.2. The molecule has 0 saturated carbocycles. The van der Waals surface area contributed by atoms with Crippen molar-refractivity contribution in [3.8, 4) is 11.5 Å². The lowest BCUT2D eigenvalue weighted by molar-refractivity contribution is -0.135. The molecule has 1 aliphatic heterocycles. The molecular weight excluding hydrogens is 384 g/mol. The number of allylic oxidation sites excluding steroid dienone is 2. The number of thioether (sulfide) groups is 1. The maximum Gasteiger partial charge on any atom is 0.344 e. The number of methoxy groups -OCH3 is 3. The Bertz CT molecular complexity index is 942. The van der Waals surface area contributed by atoms with E-state index in [1.165, 1.54) is 18.9 Å². The van der Waals surface area contributed by atoms with Crippen LogP contribution in [0.25, 0.3) is 11.1 Å². The van der Waals surface area contributed by atoms with Gasteiger partial charge in [-0.3, -0.25) is 0 Å². The Kier molecular flexibility index (Phi) is 6.49. The molecule has 0 spiro atoms. The first kappa shape index (κ1) is 20.8. The number of hydrogen-bond donors (Lipinski definition) is 0. The molecule has 0 N–H and O–H groups in total. The lowest BCUT2D eigenvalue weighted by atomic mass is 9.86. The molecule has 2 unspecified atom stereocenters. The molecule has 2 aromatic carbocycles. The zero-order chi connectivity index (χ0) is 21.0. The third kappa shape index (κ3) is 4.40. The fourth-order valence-corrected chi connectivity index (χ4v) is 4.60. The second-order valence-corrected chi connectivity index (χ2v) is 7.78. The normalized spacial score (nSPS) is 18.0. The summed E-state index contributed by atoms with van der Waals surface area (Å²) in [6.45, 7) is 8.65. The zero-order valence-corrected chi connectivity index (χ0v) is 17.6. The Morgan fingerprint density at radius 3 is 1.76 bits per heavy atom. The van der Waals surface area contributed by atoms with E-state index in [2.05, 4.69) is 13.2 Å². The minimum Gasteiger partial charge on any atom is -0.497 e. The largest absolute Gasteiger partial charge is 0.497 e. The number of carbonyl (C=O) groups excluding carboxylic acids is 1. The molecule has 4 nitrogen and oxygen atoms in total. The highest BCUT2D eigenvalue weighted by Crippen LogP contribution is 2.48. The van der Waals surface area contributed by atoms with E-state index in [4.69, 9.17) is 14.2 Å². The summed E-state index contributed by atoms with van der Waals surface area (Å²) in [7, 11) is 4.67. The zero-order valence-electron chi connectivity index (χ0n) is 16.8. The number of ether oxygens (including phenoxy) is 3. The Morgan fingerprint density at radius 2 is 1.31 bits per heavy atom. The summed E-state index contributed by atoms with van der Waals surface area (Å²) >= 11 is 1.47. The van der Waals surface area contributed by atoms with Crippen LogP contribution in [0.2, 0.25) is 0 Å². The van der Waals surface area contributed by atoms with Gasteiger partial charge in [-0.05, 0) is 46.5 Å². The van der Waals surface area contributed by atoms with Gasteiger partial charge in [0.15, 0.2) is 0 Å². The van der Waals surface area contributed by atoms with Crippen molar-refractivity contribution < 1.29 is 19.0 Å². The van der Waals surface area contributed by atoms with Crippen LogP contribution in [0.3, 0.4) is 0 Å². The highest BCUT2D eigenvalue weighted by molar-refractivity contribution is 8.05. The highest BCUT2D eigenvalue weighted by atomic mass is 32.2. The van der Waals surface area contributed by atoms with Crippen LogP contribution >= 0.6 is 11.8 Å². The summed E-state index contributed by atoms with van der Waals surface area (Å²) in [5.41, 5.74) is 3.83. The first-order chi connectivity index (χ1) is 14.0. The Morgan fingerprint density at radius 1 is 0.828 bits per heavy atom. The second-order valence-electron chi connectivity index (χ2n) is 6.59. The van der Waals surface area contributed by atoms with Gasteiger partial charge in [0.05, 0.1) is 26.2 Å². The molecule has 0 fully saturated rings. The number of benzene rings is 2. The molecule has 2 atom stereocenters.